The quantitative estimate of drug-likeness (QED) is 0.561. The van der Waals surface area contributed by atoms with Gasteiger partial charge in [0.05, 0.1) is 7.11 Å². The van der Waals surface area contributed by atoms with Crippen molar-refractivity contribution in [3.05, 3.63) is 59.9 Å². The first-order valence-corrected chi connectivity index (χ1v) is 9.11. The summed E-state index contributed by atoms with van der Waals surface area (Å²) in [6, 6.07) is 11.7. The number of carbonyl (C=O) groups excluding carboxylic acids is 1. The van der Waals surface area contributed by atoms with Gasteiger partial charge in [-0.25, -0.2) is 0 Å². The maximum absolute atomic E-state index is 12.3. The number of nitrogens with zero attached hydrogens (tertiary/aromatic N) is 3. The van der Waals surface area contributed by atoms with E-state index in [0.29, 0.717) is 6.54 Å². The van der Waals surface area contributed by atoms with Crippen LogP contribution >= 0.6 is 0 Å². The highest BCUT2D eigenvalue weighted by Crippen LogP contribution is 2.11. The van der Waals surface area contributed by atoms with Gasteiger partial charge in [-0.05, 0) is 29.3 Å². The minimum Gasteiger partial charge on any atom is -0.497 e. The van der Waals surface area contributed by atoms with Crippen LogP contribution in [0.4, 0.5) is 0 Å². The number of ether oxygens (including phenoxy) is 1. The average Bonchev–Trinajstić information content (AvgIpc) is 2.73. The van der Waals surface area contributed by atoms with Crippen molar-refractivity contribution < 1.29 is 14.4 Å². The second kappa shape index (κ2) is 10.0. The molecule has 27 heavy (non-hydrogen) atoms. The number of pyridine rings is 1. The van der Waals surface area contributed by atoms with Crippen LogP contribution in [0.5, 0.6) is 5.75 Å². The van der Waals surface area contributed by atoms with Crippen molar-refractivity contribution in [3.8, 4) is 5.75 Å². The third-order valence-electron chi connectivity index (χ3n) is 4.59. The van der Waals surface area contributed by atoms with Gasteiger partial charge in [-0.3, -0.25) is 19.5 Å². The Kier molecular flexibility index (Phi) is 7.15. The molecule has 1 aliphatic heterocycles. The van der Waals surface area contributed by atoms with E-state index in [0.717, 1.165) is 44.0 Å². The lowest BCUT2D eigenvalue weighted by Crippen LogP contribution is -2.49. The predicted molar refractivity (Wildman–Crippen MR) is 102 cm³/mol. The first-order chi connectivity index (χ1) is 13.2. The average molecular weight is 370 g/mol. The van der Waals surface area contributed by atoms with Crippen molar-refractivity contribution in [2.75, 3.05) is 39.9 Å². The molecule has 0 saturated carbocycles. The molecule has 1 aliphatic rings. The molecule has 1 amide bonds. The minimum absolute atomic E-state index is 0.0123. The number of amides is 1. The predicted octanol–water partition coefficient (Wildman–Crippen LogP) is 1.46. The number of nitrogens with one attached hydrogen (secondary N) is 1. The van der Waals surface area contributed by atoms with Gasteiger partial charge in [0.1, 0.15) is 12.4 Å². The van der Waals surface area contributed by atoms with Crippen molar-refractivity contribution in [3.63, 3.8) is 0 Å². The van der Waals surface area contributed by atoms with Crippen LogP contribution < -0.4 is 10.2 Å². The van der Waals surface area contributed by atoms with Gasteiger partial charge >= 0.3 is 0 Å². The van der Waals surface area contributed by atoms with Crippen molar-refractivity contribution in [2.45, 2.75) is 13.1 Å². The molecular formula is C20H26N4O3. The fraction of sp³-hybridized carbons (Fsp3) is 0.400. The van der Waals surface area contributed by atoms with Crippen LogP contribution in [0.15, 0.2) is 48.8 Å². The van der Waals surface area contributed by atoms with Crippen LogP contribution in [-0.2, 0) is 22.7 Å². The molecule has 7 heteroatoms. The van der Waals surface area contributed by atoms with Crippen LogP contribution in [0.1, 0.15) is 11.1 Å². The molecule has 1 fully saturated rings. The second-order valence-corrected chi connectivity index (χ2v) is 6.48. The van der Waals surface area contributed by atoms with E-state index in [2.05, 4.69) is 21.4 Å². The normalized spacial score (nSPS) is 14.9. The molecule has 0 aliphatic carbocycles. The molecule has 7 nitrogen and oxygen atoms in total. The van der Waals surface area contributed by atoms with Crippen LogP contribution in [0, 0.1) is 0 Å². The Labute approximate surface area is 159 Å². The molecule has 1 N–H and O–H groups in total. The van der Waals surface area contributed by atoms with Gasteiger partial charge in [0.15, 0.2) is 0 Å². The van der Waals surface area contributed by atoms with Gasteiger partial charge in [-0.15, -0.1) is 0 Å². The summed E-state index contributed by atoms with van der Waals surface area (Å²) < 4.78 is 5.13. The molecule has 0 spiro atoms. The van der Waals surface area contributed by atoms with Crippen molar-refractivity contribution in [2.24, 2.45) is 0 Å². The molecule has 1 saturated heterocycles. The zero-order valence-corrected chi connectivity index (χ0v) is 15.6. The zero-order chi connectivity index (χ0) is 18.9. The molecular weight excluding hydrogens is 344 g/mol. The number of hydrogen-bond acceptors (Lipinski definition) is 6. The van der Waals surface area contributed by atoms with E-state index in [-0.39, 0.29) is 12.5 Å². The van der Waals surface area contributed by atoms with Crippen molar-refractivity contribution in [1.29, 1.82) is 0 Å². The van der Waals surface area contributed by atoms with Crippen LogP contribution in [0.3, 0.4) is 0 Å². The Morgan fingerprint density at radius 3 is 2.56 bits per heavy atom. The number of rotatable bonds is 8. The molecule has 0 bridgehead atoms. The Morgan fingerprint density at radius 2 is 1.89 bits per heavy atom. The third-order valence-corrected chi connectivity index (χ3v) is 4.59. The van der Waals surface area contributed by atoms with E-state index in [4.69, 9.17) is 9.57 Å². The SMILES string of the molecule is COc1ccc(CNOCC(=O)N2CCN(Cc3cccnc3)CC2)cc1. The molecule has 1 aromatic heterocycles. The number of methoxy groups -OCH3 is 1. The van der Waals surface area contributed by atoms with Gasteiger partial charge in [-0.1, -0.05) is 18.2 Å². The number of carbonyl (C=O) groups is 1. The van der Waals surface area contributed by atoms with Crippen molar-refractivity contribution >= 4 is 5.91 Å². The van der Waals surface area contributed by atoms with E-state index in [9.17, 15) is 4.79 Å². The first kappa shape index (κ1) is 19.3. The summed E-state index contributed by atoms with van der Waals surface area (Å²) in [5, 5.41) is 0. The van der Waals surface area contributed by atoms with Gasteiger partial charge in [0, 0.05) is 51.7 Å². The fourth-order valence-electron chi connectivity index (χ4n) is 2.99. The molecule has 0 atom stereocenters. The Hall–Kier alpha value is -2.48. The number of aromatic nitrogens is 1. The number of benzene rings is 1. The summed E-state index contributed by atoms with van der Waals surface area (Å²) >= 11 is 0. The van der Waals surface area contributed by atoms with Crippen LogP contribution in [0.2, 0.25) is 0 Å². The van der Waals surface area contributed by atoms with Gasteiger partial charge in [-0.2, -0.15) is 5.48 Å². The van der Waals surface area contributed by atoms with E-state index in [1.807, 2.05) is 41.4 Å². The second-order valence-electron chi connectivity index (χ2n) is 6.48. The standard InChI is InChI=1S/C20H26N4O3/c1-26-19-6-4-17(5-7-19)14-22-27-16-20(25)24-11-9-23(10-12-24)15-18-3-2-8-21-13-18/h2-8,13,22H,9-12,14-16H2,1H3. The molecule has 1 aromatic carbocycles. The summed E-state index contributed by atoms with van der Waals surface area (Å²) in [5.74, 6) is 0.829. The van der Waals surface area contributed by atoms with Crippen LogP contribution in [0.25, 0.3) is 0 Å². The molecule has 3 rings (SSSR count). The Morgan fingerprint density at radius 1 is 1.11 bits per heavy atom. The Balaban J connectivity index is 1.32. The molecule has 0 unspecified atom stereocenters. The number of piperazine rings is 1. The first-order valence-electron chi connectivity index (χ1n) is 9.11. The van der Waals surface area contributed by atoms with Gasteiger partial charge < -0.3 is 9.64 Å². The number of hydroxylamine groups is 1. The number of hydrogen-bond donors (Lipinski definition) is 1. The molecule has 144 valence electrons. The minimum atomic E-state index is 0.0123. The van der Waals surface area contributed by atoms with E-state index in [1.54, 1.807) is 13.3 Å². The summed E-state index contributed by atoms with van der Waals surface area (Å²) in [6.45, 7) is 4.62. The maximum Gasteiger partial charge on any atom is 0.250 e. The topological polar surface area (TPSA) is 66.9 Å². The zero-order valence-electron chi connectivity index (χ0n) is 15.6. The summed E-state index contributed by atoms with van der Waals surface area (Å²) in [4.78, 5) is 25.9. The fourth-order valence-corrected chi connectivity index (χ4v) is 2.99. The monoisotopic (exact) mass is 370 g/mol. The van der Waals surface area contributed by atoms with E-state index >= 15 is 0 Å². The maximum atomic E-state index is 12.3. The van der Waals surface area contributed by atoms with E-state index in [1.165, 1.54) is 5.56 Å². The lowest BCUT2D eigenvalue weighted by atomic mass is 10.2. The highest BCUT2D eigenvalue weighted by molar-refractivity contribution is 5.77. The molecule has 2 aromatic rings. The lowest BCUT2D eigenvalue weighted by Gasteiger charge is -2.34. The highest BCUT2D eigenvalue weighted by Gasteiger charge is 2.21. The van der Waals surface area contributed by atoms with E-state index < -0.39 is 0 Å². The summed E-state index contributed by atoms with van der Waals surface area (Å²) in [5.41, 5.74) is 5.10. The third kappa shape index (κ3) is 6.02. The summed E-state index contributed by atoms with van der Waals surface area (Å²) in [6.07, 6.45) is 3.67. The largest absolute Gasteiger partial charge is 0.497 e. The molecule has 0 radical (unpaired) electrons. The van der Waals surface area contributed by atoms with Gasteiger partial charge in [0.25, 0.3) is 5.91 Å². The van der Waals surface area contributed by atoms with Crippen LogP contribution in [-0.4, -0.2) is 60.6 Å². The molecule has 2 heterocycles. The highest BCUT2D eigenvalue weighted by atomic mass is 16.6. The smallest absolute Gasteiger partial charge is 0.250 e. The summed E-state index contributed by atoms with van der Waals surface area (Å²) in [7, 11) is 1.64. The lowest BCUT2D eigenvalue weighted by molar-refractivity contribution is -0.141. The van der Waals surface area contributed by atoms with Crippen molar-refractivity contribution in [1.82, 2.24) is 20.3 Å². The van der Waals surface area contributed by atoms with Gasteiger partial charge in [0.2, 0.25) is 0 Å². The Bertz CT molecular complexity index is 701.